The molecule has 0 bridgehead atoms. The molecule has 10 heteroatoms. The average Bonchev–Trinajstić information content (AvgIpc) is 3.21. The second kappa shape index (κ2) is 11.6. The van der Waals surface area contributed by atoms with Gasteiger partial charge in [0, 0.05) is 43.9 Å². The fourth-order valence-electron chi connectivity index (χ4n) is 3.61. The summed E-state index contributed by atoms with van der Waals surface area (Å²) in [5.41, 5.74) is 1.73. The molecule has 2 saturated heterocycles. The highest BCUT2D eigenvalue weighted by Crippen LogP contribution is 2.35. The lowest BCUT2D eigenvalue weighted by Crippen LogP contribution is -2.46. The van der Waals surface area contributed by atoms with E-state index in [2.05, 4.69) is 15.0 Å². The van der Waals surface area contributed by atoms with Crippen molar-refractivity contribution in [1.29, 1.82) is 0 Å². The van der Waals surface area contributed by atoms with Gasteiger partial charge in [-0.05, 0) is 47.7 Å². The molecule has 0 atom stereocenters. The quantitative estimate of drug-likeness (QED) is 0.492. The number of ether oxygens (including phenoxy) is 1. The molecule has 0 unspecified atom stereocenters. The number of methoxy groups -OCH3 is 1. The van der Waals surface area contributed by atoms with Crippen LogP contribution in [0.3, 0.4) is 0 Å². The van der Waals surface area contributed by atoms with Crippen molar-refractivity contribution in [2.45, 2.75) is 0 Å². The molecule has 2 fully saturated rings. The number of nitrogens with one attached hydrogen (secondary N) is 1. The van der Waals surface area contributed by atoms with Gasteiger partial charge in [0.25, 0.3) is 17.7 Å². The standard InChI is InChI=1S/C26H24N4O5S/c1-35-23(32)17-21-25(34)30(26(36-21)28-22(31)12-7-18-5-3-2-4-6-18)20-10-8-19(9-11-20)24(33)29-15-13-27-14-16-29/h2-12,17,27H,13-16H2,1H3. The van der Waals surface area contributed by atoms with Crippen molar-refractivity contribution in [3.8, 4) is 0 Å². The van der Waals surface area contributed by atoms with Crippen LogP contribution in [0.4, 0.5) is 5.69 Å². The number of rotatable bonds is 5. The number of aliphatic imine (C=N–C) groups is 1. The molecular weight excluding hydrogens is 480 g/mol. The monoisotopic (exact) mass is 504 g/mol. The highest BCUT2D eigenvalue weighted by molar-refractivity contribution is 8.19. The van der Waals surface area contributed by atoms with Crippen LogP contribution in [0.2, 0.25) is 0 Å². The maximum absolute atomic E-state index is 13.1. The molecule has 2 aromatic carbocycles. The van der Waals surface area contributed by atoms with Crippen molar-refractivity contribution in [1.82, 2.24) is 10.2 Å². The number of carbonyl (C=O) groups is 4. The van der Waals surface area contributed by atoms with Gasteiger partial charge in [-0.15, -0.1) is 0 Å². The fourth-order valence-corrected chi connectivity index (χ4v) is 4.55. The predicted octanol–water partition coefficient (Wildman–Crippen LogP) is 2.46. The van der Waals surface area contributed by atoms with Crippen molar-refractivity contribution in [2.75, 3.05) is 38.2 Å². The summed E-state index contributed by atoms with van der Waals surface area (Å²) < 4.78 is 4.64. The van der Waals surface area contributed by atoms with Crippen molar-refractivity contribution in [3.05, 3.63) is 82.8 Å². The summed E-state index contributed by atoms with van der Waals surface area (Å²) in [6, 6.07) is 15.8. The summed E-state index contributed by atoms with van der Waals surface area (Å²) in [6.45, 7) is 2.73. The molecule has 2 heterocycles. The third-order valence-electron chi connectivity index (χ3n) is 5.46. The lowest BCUT2D eigenvalue weighted by Gasteiger charge is -2.27. The normalized spacial score (nSPS) is 18.3. The van der Waals surface area contributed by atoms with Gasteiger partial charge in [0.05, 0.1) is 17.7 Å². The Morgan fingerprint density at radius 3 is 2.39 bits per heavy atom. The van der Waals surface area contributed by atoms with E-state index in [1.807, 2.05) is 30.3 Å². The van der Waals surface area contributed by atoms with Crippen molar-refractivity contribution < 1.29 is 23.9 Å². The SMILES string of the molecule is COC(=O)C=C1SC(=NC(=O)C=Cc2ccccc2)N(c2ccc(C(=O)N3CCNCC3)cc2)C1=O. The molecule has 0 saturated carbocycles. The molecule has 36 heavy (non-hydrogen) atoms. The van der Waals surface area contributed by atoms with E-state index in [0.29, 0.717) is 24.3 Å². The molecule has 0 aromatic heterocycles. The fraction of sp³-hybridized carbons (Fsp3) is 0.192. The number of anilines is 1. The molecule has 0 spiro atoms. The minimum Gasteiger partial charge on any atom is -0.466 e. The van der Waals surface area contributed by atoms with Crippen LogP contribution >= 0.6 is 11.8 Å². The average molecular weight is 505 g/mol. The number of amides is 3. The largest absolute Gasteiger partial charge is 0.466 e. The van der Waals surface area contributed by atoms with Crippen molar-refractivity contribution >= 4 is 52.4 Å². The summed E-state index contributed by atoms with van der Waals surface area (Å²) >= 11 is 0.898. The third-order valence-corrected chi connectivity index (χ3v) is 6.43. The maximum Gasteiger partial charge on any atom is 0.331 e. The Morgan fingerprint density at radius 1 is 1.03 bits per heavy atom. The Balaban J connectivity index is 1.60. The van der Waals surface area contributed by atoms with E-state index in [9.17, 15) is 19.2 Å². The van der Waals surface area contributed by atoms with Crippen LogP contribution in [0, 0.1) is 0 Å². The zero-order valence-corrected chi connectivity index (χ0v) is 20.4. The van der Waals surface area contributed by atoms with Crippen LogP contribution < -0.4 is 10.2 Å². The number of nitrogens with zero attached hydrogens (tertiary/aromatic N) is 3. The Bertz CT molecular complexity index is 1250. The minimum absolute atomic E-state index is 0.0707. The van der Waals surface area contributed by atoms with Gasteiger partial charge in [-0.1, -0.05) is 30.3 Å². The molecule has 3 amide bonds. The summed E-state index contributed by atoms with van der Waals surface area (Å²) in [5, 5.41) is 3.30. The Hall–Kier alpha value is -4.02. The van der Waals surface area contributed by atoms with Crippen LogP contribution in [-0.4, -0.2) is 67.0 Å². The van der Waals surface area contributed by atoms with Crippen LogP contribution in [0.1, 0.15) is 15.9 Å². The minimum atomic E-state index is -0.695. The second-order valence-corrected chi connectivity index (χ2v) is 8.85. The Labute approximate surface area is 212 Å². The molecule has 4 rings (SSSR count). The van der Waals surface area contributed by atoms with Crippen molar-refractivity contribution in [3.63, 3.8) is 0 Å². The van der Waals surface area contributed by atoms with E-state index in [-0.39, 0.29) is 16.0 Å². The van der Waals surface area contributed by atoms with Gasteiger partial charge in [-0.3, -0.25) is 19.3 Å². The van der Waals surface area contributed by atoms with Gasteiger partial charge in [0.2, 0.25) is 0 Å². The number of benzene rings is 2. The maximum atomic E-state index is 13.1. The Morgan fingerprint density at radius 2 is 1.72 bits per heavy atom. The van der Waals surface area contributed by atoms with Crippen molar-refractivity contribution in [2.24, 2.45) is 4.99 Å². The molecular formula is C26H24N4O5S. The van der Waals surface area contributed by atoms with Crippen LogP contribution in [0.5, 0.6) is 0 Å². The number of hydrogen-bond donors (Lipinski definition) is 1. The van der Waals surface area contributed by atoms with E-state index in [0.717, 1.165) is 36.5 Å². The lowest BCUT2D eigenvalue weighted by atomic mass is 10.1. The number of amidine groups is 1. The van der Waals surface area contributed by atoms with Crippen LogP contribution in [0.25, 0.3) is 6.08 Å². The number of carbonyl (C=O) groups excluding carboxylic acids is 4. The first-order valence-electron chi connectivity index (χ1n) is 11.2. The van der Waals surface area contributed by atoms with Crippen LogP contribution in [-0.2, 0) is 19.1 Å². The van der Waals surface area contributed by atoms with Gasteiger partial charge in [0.15, 0.2) is 5.17 Å². The summed E-state index contributed by atoms with van der Waals surface area (Å²) in [5.74, 6) is -1.87. The molecule has 9 nitrogen and oxygen atoms in total. The highest BCUT2D eigenvalue weighted by atomic mass is 32.2. The van der Waals surface area contributed by atoms with E-state index < -0.39 is 17.8 Å². The molecule has 2 aromatic rings. The molecule has 1 N–H and O–H groups in total. The van der Waals surface area contributed by atoms with Crippen LogP contribution in [0.15, 0.2) is 76.6 Å². The first-order chi connectivity index (χ1) is 17.5. The van der Waals surface area contributed by atoms with Gasteiger partial charge in [0.1, 0.15) is 0 Å². The zero-order chi connectivity index (χ0) is 25.5. The molecule has 2 aliphatic heterocycles. The first kappa shape index (κ1) is 25.1. The van der Waals surface area contributed by atoms with E-state index in [4.69, 9.17) is 0 Å². The smallest absolute Gasteiger partial charge is 0.331 e. The predicted molar refractivity (Wildman–Crippen MR) is 138 cm³/mol. The molecule has 184 valence electrons. The van der Waals surface area contributed by atoms with E-state index in [1.165, 1.54) is 18.1 Å². The van der Waals surface area contributed by atoms with Gasteiger partial charge < -0.3 is 15.0 Å². The number of hydrogen-bond acceptors (Lipinski definition) is 7. The van der Waals surface area contributed by atoms with Gasteiger partial charge in [-0.25, -0.2) is 4.79 Å². The van der Waals surface area contributed by atoms with E-state index >= 15 is 0 Å². The molecule has 0 aliphatic carbocycles. The summed E-state index contributed by atoms with van der Waals surface area (Å²) in [4.78, 5) is 57.4. The molecule has 0 radical (unpaired) electrons. The second-order valence-electron chi connectivity index (χ2n) is 7.84. The number of thioether (sulfide) groups is 1. The van der Waals surface area contributed by atoms with E-state index in [1.54, 1.807) is 35.2 Å². The highest BCUT2D eigenvalue weighted by Gasteiger charge is 2.36. The number of piperazine rings is 1. The Kier molecular flexibility index (Phi) is 8.09. The topological polar surface area (TPSA) is 108 Å². The summed E-state index contributed by atoms with van der Waals surface area (Å²) in [6.07, 6.45) is 4.00. The number of esters is 1. The first-order valence-corrected chi connectivity index (χ1v) is 12.1. The van der Waals surface area contributed by atoms with Gasteiger partial charge >= 0.3 is 5.97 Å². The molecule has 2 aliphatic rings. The zero-order valence-electron chi connectivity index (χ0n) is 19.5. The third kappa shape index (κ3) is 5.96. The van der Waals surface area contributed by atoms with Gasteiger partial charge in [-0.2, -0.15) is 4.99 Å². The summed E-state index contributed by atoms with van der Waals surface area (Å²) in [7, 11) is 1.21. The lowest BCUT2D eigenvalue weighted by molar-refractivity contribution is -0.135.